The van der Waals surface area contributed by atoms with Crippen LogP contribution in [-0.2, 0) is 34.1 Å². The van der Waals surface area contributed by atoms with Gasteiger partial charge in [0.2, 0.25) is 5.78 Å². The maximum atomic E-state index is 12.0. The third-order valence-electron chi connectivity index (χ3n) is 8.02. The fourth-order valence-corrected chi connectivity index (χ4v) is 8.32. The third-order valence-corrected chi connectivity index (χ3v) is 11.0. The van der Waals surface area contributed by atoms with Crippen molar-refractivity contribution < 1.29 is 21.3 Å². The van der Waals surface area contributed by atoms with Gasteiger partial charge in [-0.15, -0.1) is 47.2 Å². The van der Waals surface area contributed by atoms with Gasteiger partial charge < -0.3 is 5.32 Å². The van der Waals surface area contributed by atoms with Crippen molar-refractivity contribution in [2.45, 2.75) is 26.7 Å². The fraction of sp³-hybridized carbons (Fsp3) is 0.0889. The molecule has 260 valence electrons. The molecule has 7 rings (SSSR count). The van der Waals surface area contributed by atoms with E-state index in [2.05, 4.69) is 153 Å². The quantitative estimate of drug-likeness (QED) is 0.0758. The standard InChI is InChI=1S/C18H15P.C17H17Cl2NO.C10H7.Ni/c1-4-10-16(11-5-1)19(17-12-6-2-7-13-17)18-14-8-3-9-15-18;1-3-11-6-5-7-12(4-2)16(11)20-10-13-8-14(18)9-15(19)17(13)21;1-2-6-10-8-4-3-7-9(10)5-1;/h1-15H;5-10,20H,3-4H2,1-2H3;1-7H;/q;;-1;/b;13-10+;;. The molecule has 0 aromatic heterocycles. The van der Waals surface area contributed by atoms with E-state index in [4.69, 9.17) is 23.2 Å². The molecule has 0 fully saturated rings. The van der Waals surface area contributed by atoms with Crippen LogP contribution < -0.4 is 21.2 Å². The van der Waals surface area contributed by atoms with Crippen molar-refractivity contribution in [1.29, 1.82) is 0 Å². The van der Waals surface area contributed by atoms with Crippen molar-refractivity contribution >= 4 is 69.3 Å². The number of ketones is 1. The Morgan fingerprint density at radius 2 is 1.12 bits per heavy atom. The number of Topliss-reactive ketones (excluding diaryl/α,β-unsaturated/α-hetero) is 1. The summed E-state index contributed by atoms with van der Waals surface area (Å²) in [4.78, 5) is 12.0. The van der Waals surface area contributed by atoms with E-state index in [-0.39, 0.29) is 27.3 Å². The molecular weight excluding hydrogens is 731 g/mol. The molecule has 0 aliphatic heterocycles. The summed E-state index contributed by atoms with van der Waals surface area (Å²) in [7, 11) is -0.446. The Morgan fingerprint density at radius 3 is 1.63 bits per heavy atom. The molecule has 0 heterocycles. The van der Waals surface area contributed by atoms with Gasteiger partial charge in [0.1, 0.15) is 0 Å². The number of allylic oxidation sites excluding steroid dienone is 5. The van der Waals surface area contributed by atoms with Crippen LogP contribution in [0, 0.1) is 6.07 Å². The molecule has 0 spiro atoms. The van der Waals surface area contributed by atoms with Crippen LogP contribution in [-0.4, -0.2) is 5.78 Å². The normalized spacial score (nSPS) is 12.8. The zero-order valence-corrected chi connectivity index (χ0v) is 31.9. The molecule has 0 unspecified atom stereocenters. The summed E-state index contributed by atoms with van der Waals surface area (Å²) in [5.41, 5.74) is 3.94. The number of nitrogens with one attached hydrogen (secondary N) is 1. The zero-order chi connectivity index (χ0) is 35.1. The summed E-state index contributed by atoms with van der Waals surface area (Å²) < 4.78 is 0. The molecular formula is C45H39Cl2NNiOP-. The number of fused-ring (bicyclic) bond motifs is 1. The monoisotopic (exact) mass is 768 g/mol. The molecule has 1 aliphatic rings. The van der Waals surface area contributed by atoms with Crippen molar-refractivity contribution in [3.63, 3.8) is 0 Å². The molecule has 0 saturated heterocycles. The zero-order valence-electron chi connectivity index (χ0n) is 28.5. The van der Waals surface area contributed by atoms with E-state index in [1.807, 2.05) is 24.3 Å². The predicted octanol–water partition coefficient (Wildman–Crippen LogP) is 11.0. The molecule has 0 atom stereocenters. The number of aryl methyl sites for hydroxylation is 2. The van der Waals surface area contributed by atoms with Crippen LogP contribution >= 0.6 is 31.1 Å². The van der Waals surface area contributed by atoms with Gasteiger partial charge in [-0.25, -0.2) is 0 Å². The van der Waals surface area contributed by atoms with Gasteiger partial charge >= 0.3 is 0 Å². The Labute approximate surface area is 323 Å². The topological polar surface area (TPSA) is 29.1 Å². The minimum atomic E-state index is -0.446. The van der Waals surface area contributed by atoms with Crippen LogP contribution in [0.4, 0.5) is 5.69 Å². The van der Waals surface area contributed by atoms with E-state index in [0.29, 0.717) is 10.6 Å². The molecule has 0 amide bonds. The summed E-state index contributed by atoms with van der Waals surface area (Å²) >= 11 is 11.8. The summed E-state index contributed by atoms with van der Waals surface area (Å²) in [6.45, 7) is 4.21. The molecule has 1 N–H and O–H groups in total. The van der Waals surface area contributed by atoms with Gasteiger partial charge in [0, 0.05) is 39.0 Å². The van der Waals surface area contributed by atoms with Crippen molar-refractivity contribution in [3.8, 4) is 0 Å². The van der Waals surface area contributed by atoms with E-state index in [1.165, 1.54) is 43.9 Å². The largest absolute Gasteiger partial charge is 0.361 e. The van der Waals surface area contributed by atoms with Crippen LogP contribution in [0.25, 0.3) is 10.8 Å². The second-order valence-corrected chi connectivity index (χ2v) is 14.4. The van der Waals surface area contributed by atoms with E-state index >= 15 is 0 Å². The minimum absolute atomic E-state index is 0. The maximum absolute atomic E-state index is 12.0. The van der Waals surface area contributed by atoms with Gasteiger partial charge in [-0.05, 0) is 60.0 Å². The molecule has 2 nitrogen and oxygen atoms in total. The number of carbonyl (C=O) groups is 1. The smallest absolute Gasteiger partial charge is 0.205 e. The van der Waals surface area contributed by atoms with Crippen LogP contribution in [0.15, 0.2) is 186 Å². The summed E-state index contributed by atoms with van der Waals surface area (Å²) in [5, 5.41) is 10.5. The van der Waals surface area contributed by atoms with Crippen molar-refractivity contribution in [1.82, 2.24) is 0 Å². The first-order chi connectivity index (χ1) is 24.5. The Bertz CT molecular complexity index is 1920. The molecule has 51 heavy (non-hydrogen) atoms. The molecule has 6 aromatic rings. The van der Waals surface area contributed by atoms with Gasteiger partial charge in [-0.1, -0.05) is 158 Å². The Kier molecular flexibility index (Phi) is 16.0. The molecule has 0 radical (unpaired) electrons. The molecule has 6 aromatic carbocycles. The number of hydrogen-bond acceptors (Lipinski definition) is 2. The number of halogens is 2. The average molecular weight is 770 g/mol. The number of carbonyl (C=O) groups excluding carboxylic acids is 1. The van der Waals surface area contributed by atoms with Gasteiger partial charge in [0.05, 0.1) is 5.03 Å². The van der Waals surface area contributed by atoms with E-state index in [0.717, 1.165) is 18.5 Å². The average Bonchev–Trinajstić information content (AvgIpc) is 3.17. The number of hydrogen-bond donors (Lipinski definition) is 1. The van der Waals surface area contributed by atoms with Crippen LogP contribution in [0.1, 0.15) is 25.0 Å². The van der Waals surface area contributed by atoms with Crippen molar-refractivity contribution in [3.05, 3.63) is 203 Å². The first-order valence-corrected chi connectivity index (χ1v) is 18.8. The Hall–Kier alpha value is -4.23. The molecule has 6 heteroatoms. The van der Waals surface area contributed by atoms with E-state index in [9.17, 15) is 4.79 Å². The van der Waals surface area contributed by atoms with E-state index < -0.39 is 7.92 Å². The van der Waals surface area contributed by atoms with Gasteiger partial charge in [0.25, 0.3) is 0 Å². The number of rotatable bonds is 7. The second kappa shape index (κ2) is 20.6. The summed E-state index contributed by atoms with van der Waals surface area (Å²) in [6.07, 6.45) is 6.59. The van der Waals surface area contributed by atoms with Crippen LogP contribution in [0.5, 0.6) is 0 Å². The van der Waals surface area contributed by atoms with Crippen LogP contribution in [0.2, 0.25) is 0 Å². The summed E-state index contributed by atoms with van der Waals surface area (Å²) in [5.74, 6) is -0.222. The van der Waals surface area contributed by atoms with Crippen LogP contribution in [0.3, 0.4) is 0 Å². The molecule has 0 bridgehead atoms. The van der Waals surface area contributed by atoms with Crippen molar-refractivity contribution in [2.24, 2.45) is 0 Å². The Balaban J connectivity index is 0.000000179. The van der Waals surface area contributed by atoms with E-state index in [1.54, 1.807) is 12.3 Å². The SMILES string of the molecule is CCc1cccc(CC)c1N/C=C1\C=C(Cl)C=C(Cl)C1=O.[Ni].[c-]1cccc2ccccc12.c1ccc(P(c2ccccc2)c2ccccc2)cc1. The number of benzene rings is 6. The van der Waals surface area contributed by atoms with Gasteiger partial charge in [-0.2, -0.15) is 0 Å². The fourth-order valence-electron chi connectivity index (χ4n) is 5.51. The maximum Gasteiger partial charge on any atom is 0.205 e. The third kappa shape index (κ3) is 11.1. The Morgan fingerprint density at radius 1 is 0.627 bits per heavy atom. The number of anilines is 1. The predicted molar refractivity (Wildman–Crippen MR) is 218 cm³/mol. The van der Waals surface area contributed by atoms with Gasteiger partial charge in [0.15, 0.2) is 0 Å². The van der Waals surface area contributed by atoms with Crippen molar-refractivity contribution in [2.75, 3.05) is 5.32 Å². The van der Waals surface area contributed by atoms with Gasteiger partial charge in [-0.3, -0.25) is 4.79 Å². The first kappa shape index (κ1) is 39.6. The number of para-hydroxylation sites is 1. The summed E-state index contributed by atoms with van der Waals surface area (Å²) in [6, 6.07) is 55.9. The molecule has 1 aliphatic carbocycles. The first-order valence-electron chi connectivity index (χ1n) is 16.7. The second-order valence-electron chi connectivity index (χ2n) is 11.4. The minimum Gasteiger partial charge on any atom is -0.361 e. The molecule has 0 saturated carbocycles.